The van der Waals surface area contributed by atoms with Gasteiger partial charge in [0.05, 0.1) is 22.8 Å². The predicted molar refractivity (Wildman–Crippen MR) is 203 cm³/mol. The molecule has 0 amide bonds. The van der Waals surface area contributed by atoms with Crippen molar-refractivity contribution < 1.29 is 12.8 Å². The van der Waals surface area contributed by atoms with Gasteiger partial charge in [-0.2, -0.15) is 0 Å². The Balaban J connectivity index is 0.000000142. The fourth-order valence-electron chi connectivity index (χ4n) is 6.11. The molecule has 0 atom stereocenters. The van der Waals surface area contributed by atoms with E-state index in [1.165, 1.54) is 17.8 Å². The summed E-state index contributed by atoms with van der Waals surface area (Å²) in [5.74, 6) is 0. The summed E-state index contributed by atoms with van der Waals surface area (Å²) >= 11 is -2.32. The van der Waals surface area contributed by atoms with Crippen LogP contribution < -0.4 is 17.8 Å². The summed E-state index contributed by atoms with van der Waals surface area (Å²) in [6.07, 6.45) is 8.09. The van der Waals surface area contributed by atoms with Crippen molar-refractivity contribution in [2.45, 2.75) is 0 Å². The molecule has 5 heterocycles. The summed E-state index contributed by atoms with van der Waals surface area (Å²) in [6.45, 7) is 0. The van der Waals surface area contributed by atoms with Crippen LogP contribution in [0, 0.1) is 0 Å². The topological polar surface area (TPSA) is 57.4 Å². The molecule has 4 nitrogen and oxygen atoms in total. The Labute approximate surface area is 288 Å². The fourth-order valence-corrected chi connectivity index (χ4v) is 11.7. The fraction of sp³-hybridized carbons (Fsp3) is 0. The van der Waals surface area contributed by atoms with Gasteiger partial charge >= 0.3 is 152 Å². The van der Waals surface area contributed by atoms with E-state index in [-0.39, 0.29) is 0 Å². The molecule has 5 heteroatoms. The van der Waals surface area contributed by atoms with Crippen LogP contribution in [0.4, 0.5) is 0 Å². The summed E-state index contributed by atoms with van der Waals surface area (Å²) in [5.41, 5.74) is 7.86. The molecular weight excluding hydrogens is 639 g/mol. The first-order valence-corrected chi connectivity index (χ1v) is 18.6. The average molecular weight is 674 g/mol. The van der Waals surface area contributed by atoms with Crippen molar-refractivity contribution in [2.75, 3.05) is 0 Å². The van der Waals surface area contributed by atoms with Gasteiger partial charge in [-0.15, -0.1) is 0 Å². The van der Waals surface area contributed by atoms with Gasteiger partial charge in [0.15, 0.2) is 0 Å². The van der Waals surface area contributed by atoms with E-state index in [1.54, 1.807) is 0 Å². The number of nitrogens with zero attached hydrogens (tertiary/aromatic N) is 2. The zero-order valence-corrected chi connectivity index (χ0v) is 27.9. The SMILES string of the molecule is C1=Cc2cc3ccc(cc4nc(cc5ccc(cc1n2)[nH]5)C=C4)[nH]3.c1cc[c]([Mn]([c]2ccccc2)([c]2ccccc2)[c]2ccccc2)cc1. The second kappa shape index (κ2) is 13.6. The number of hydrogen-bond acceptors (Lipinski definition) is 2. The normalized spacial score (nSPS) is 12.2. The molecule has 9 rings (SSSR count). The van der Waals surface area contributed by atoms with Crippen molar-refractivity contribution in [3.8, 4) is 0 Å². The number of aromatic amines is 2. The molecule has 49 heavy (non-hydrogen) atoms. The summed E-state index contributed by atoms with van der Waals surface area (Å²) in [4.78, 5) is 16.0. The van der Waals surface area contributed by atoms with E-state index in [0.717, 1.165) is 44.8 Å². The molecule has 3 aromatic heterocycles. The van der Waals surface area contributed by atoms with Gasteiger partial charge in [0.2, 0.25) is 0 Å². The van der Waals surface area contributed by atoms with E-state index in [1.807, 2.05) is 48.6 Å². The van der Waals surface area contributed by atoms with Crippen LogP contribution in [0.2, 0.25) is 0 Å². The van der Waals surface area contributed by atoms with E-state index in [0.29, 0.717) is 0 Å². The van der Waals surface area contributed by atoms with E-state index in [4.69, 9.17) is 0 Å². The third kappa shape index (κ3) is 6.46. The summed E-state index contributed by atoms with van der Waals surface area (Å²) < 4.78 is 5.67. The molecule has 2 N–H and O–H groups in total. The maximum absolute atomic E-state index is 4.63. The first kappa shape index (κ1) is 30.3. The van der Waals surface area contributed by atoms with Gasteiger partial charge in [-0.25, -0.2) is 9.97 Å². The zero-order valence-electron chi connectivity index (χ0n) is 26.7. The van der Waals surface area contributed by atoms with Gasteiger partial charge in [0, 0.05) is 22.1 Å². The standard InChI is InChI=1S/C20H14N4.4C6H5.Mn/c1-2-14-10-16-5-6-18(23-16)12-20-8-7-19(24-20)11-17-4-3-15(22-17)9-13(1)21-14;4*1-2-4-6-5-3-1;/h1-12,21,24H;4*1-5H;. The van der Waals surface area contributed by atoms with Crippen LogP contribution in [0.15, 0.2) is 170 Å². The van der Waals surface area contributed by atoms with Crippen molar-refractivity contribution in [3.05, 3.63) is 193 Å². The second-order valence-electron chi connectivity index (χ2n) is 11.7. The Morgan fingerprint density at radius 2 is 0.551 bits per heavy atom. The maximum atomic E-state index is 4.63. The van der Waals surface area contributed by atoms with Crippen molar-refractivity contribution in [1.29, 1.82) is 0 Å². The van der Waals surface area contributed by atoms with Crippen LogP contribution in [-0.2, 0) is 12.8 Å². The van der Waals surface area contributed by atoms with Crippen LogP contribution in [0.1, 0.15) is 22.8 Å². The van der Waals surface area contributed by atoms with E-state index >= 15 is 0 Å². The number of hydrogen-bond donors (Lipinski definition) is 2. The molecule has 2 aliphatic rings. The minimum atomic E-state index is -2.32. The molecule has 0 spiro atoms. The van der Waals surface area contributed by atoms with Gasteiger partial charge < -0.3 is 9.97 Å². The van der Waals surface area contributed by atoms with Gasteiger partial charge in [-0.3, -0.25) is 0 Å². The third-order valence-corrected chi connectivity index (χ3v) is 13.9. The van der Waals surface area contributed by atoms with Crippen molar-refractivity contribution in [2.24, 2.45) is 0 Å². The van der Waals surface area contributed by atoms with Crippen LogP contribution >= 0.6 is 0 Å². The zero-order chi connectivity index (χ0) is 32.9. The Morgan fingerprint density at radius 3 is 0.796 bits per heavy atom. The number of H-pyrrole nitrogens is 2. The third-order valence-electron chi connectivity index (χ3n) is 8.28. The van der Waals surface area contributed by atoms with E-state index < -0.39 is 12.8 Å². The number of rotatable bonds is 4. The molecule has 0 radical (unpaired) electrons. The van der Waals surface area contributed by atoms with Gasteiger partial charge in [0.1, 0.15) is 0 Å². The van der Waals surface area contributed by atoms with Crippen molar-refractivity contribution >= 4 is 64.2 Å². The molecule has 0 fully saturated rings. The van der Waals surface area contributed by atoms with Gasteiger partial charge in [0.25, 0.3) is 0 Å². The van der Waals surface area contributed by atoms with Crippen molar-refractivity contribution in [1.82, 2.24) is 19.9 Å². The number of fused-ring (bicyclic) bond motifs is 8. The van der Waals surface area contributed by atoms with Gasteiger partial charge in [-0.05, 0) is 72.8 Å². The second-order valence-corrected chi connectivity index (χ2v) is 16.2. The van der Waals surface area contributed by atoms with Crippen LogP contribution in [0.5, 0.6) is 0 Å². The van der Waals surface area contributed by atoms with Crippen molar-refractivity contribution in [3.63, 3.8) is 0 Å². The molecule has 8 bridgehead atoms. The van der Waals surface area contributed by atoms with Crippen LogP contribution in [0.25, 0.3) is 46.4 Å². The number of benzene rings is 4. The monoisotopic (exact) mass is 673 g/mol. The quantitative estimate of drug-likeness (QED) is 0.186. The summed E-state index contributed by atoms with van der Waals surface area (Å²) in [7, 11) is 0. The average Bonchev–Trinajstić information content (AvgIpc) is 3.98. The molecule has 7 aromatic rings. The predicted octanol–water partition coefficient (Wildman–Crippen LogP) is 8.10. The Hall–Kier alpha value is -6.00. The molecule has 0 aliphatic carbocycles. The van der Waals surface area contributed by atoms with Crippen LogP contribution in [-0.4, -0.2) is 19.9 Å². The molecule has 237 valence electrons. The van der Waals surface area contributed by atoms with Crippen LogP contribution in [0.3, 0.4) is 0 Å². The Morgan fingerprint density at radius 1 is 0.306 bits per heavy atom. The molecule has 0 saturated carbocycles. The molecule has 0 saturated heterocycles. The Bertz CT molecular complexity index is 2090. The molecule has 4 aromatic carbocycles. The van der Waals surface area contributed by atoms with E-state index in [9.17, 15) is 0 Å². The number of nitrogens with one attached hydrogen (secondary N) is 2. The molecular formula is C44H34MnN4. The minimum absolute atomic E-state index is 0.939. The molecule has 2 aliphatic heterocycles. The molecule has 0 unspecified atom stereocenters. The van der Waals surface area contributed by atoms with Gasteiger partial charge in [-0.1, -0.05) is 0 Å². The Kier molecular flexibility index (Phi) is 8.43. The summed E-state index contributed by atoms with van der Waals surface area (Å²) in [6, 6.07) is 60.4. The number of aromatic nitrogens is 4. The first-order valence-electron chi connectivity index (χ1n) is 16.2. The first-order chi connectivity index (χ1) is 24.2. The van der Waals surface area contributed by atoms with E-state index in [2.05, 4.69) is 166 Å². The summed E-state index contributed by atoms with van der Waals surface area (Å²) in [5, 5.41) is 0.